The summed E-state index contributed by atoms with van der Waals surface area (Å²) < 4.78 is 32.1. The number of carbonyl (C=O) groups is 1. The van der Waals surface area contributed by atoms with Crippen molar-refractivity contribution in [1.82, 2.24) is 10.1 Å². The third kappa shape index (κ3) is 5.76. The fourth-order valence-corrected chi connectivity index (χ4v) is 5.40. The Bertz CT molecular complexity index is 1340. The number of rotatable bonds is 7. The molecule has 1 aromatic carbocycles. The summed E-state index contributed by atoms with van der Waals surface area (Å²) in [5.41, 5.74) is 3.09. The third-order valence-electron chi connectivity index (χ3n) is 5.29. The zero-order chi connectivity index (χ0) is 24.1. The van der Waals surface area contributed by atoms with Crippen molar-refractivity contribution in [3.63, 3.8) is 0 Å². The number of nitriles is 1. The number of nitrogens with zero attached hydrogens (tertiary/aromatic N) is 3. The minimum absolute atomic E-state index is 0.0216. The predicted molar refractivity (Wildman–Crippen MR) is 128 cm³/mol. The first-order chi connectivity index (χ1) is 16.3. The van der Waals surface area contributed by atoms with Crippen molar-refractivity contribution in [2.24, 2.45) is 0 Å². The highest BCUT2D eigenvalue weighted by atomic mass is 32.2. The van der Waals surface area contributed by atoms with Crippen LogP contribution in [0.15, 0.2) is 50.8 Å². The Kier molecular flexibility index (Phi) is 7.19. The first-order valence-corrected chi connectivity index (χ1v) is 13.2. The molecule has 3 aromatic rings. The van der Waals surface area contributed by atoms with Crippen molar-refractivity contribution < 1.29 is 17.7 Å². The number of anilines is 2. The summed E-state index contributed by atoms with van der Waals surface area (Å²) in [6, 6.07) is 11.4. The lowest BCUT2D eigenvalue weighted by atomic mass is 10.1. The van der Waals surface area contributed by atoms with Gasteiger partial charge in [-0.1, -0.05) is 23.3 Å². The van der Waals surface area contributed by atoms with Crippen LogP contribution in [0.1, 0.15) is 41.8 Å². The van der Waals surface area contributed by atoms with Crippen LogP contribution in [0, 0.1) is 18.3 Å². The first kappa shape index (κ1) is 23.8. The molecular formula is C23H23N5O4S2. The van der Waals surface area contributed by atoms with Crippen molar-refractivity contribution in [2.75, 3.05) is 15.8 Å². The van der Waals surface area contributed by atoms with E-state index in [1.807, 2.05) is 6.07 Å². The molecule has 0 radical (unpaired) electrons. The summed E-state index contributed by atoms with van der Waals surface area (Å²) in [5.74, 6) is 0.372. The number of aromatic nitrogens is 2. The smallest absolute Gasteiger partial charge is 0.263 e. The van der Waals surface area contributed by atoms with Gasteiger partial charge in [0.15, 0.2) is 5.82 Å². The number of hydrogen-bond acceptors (Lipinski definition) is 8. The first-order valence-electron chi connectivity index (χ1n) is 10.8. The average Bonchev–Trinajstić information content (AvgIpc) is 3.07. The Balaban J connectivity index is 1.37. The van der Waals surface area contributed by atoms with Gasteiger partial charge in [0, 0.05) is 17.4 Å². The van der Waals surface area contributed by atoms with Crippen LogP contribution in [0.3, 0.4) is 0 Å². The monoisotopic (exact) mass is 497 g/mol. The Hall–Kier alpha value is -3.36. The molecule has 1 amide bonds. The number of carbonyl (C=O) groups excluding carboxylic acids is 1. The molecule has 0 saturated carbocycles. The van der Waals surface area contributed by atoms with Crippen LogP contribution in [-0.2, 0) is 27.7 Å². The molecule has 0 bridgehead atoms. The molecule has 11 heteroatoms. The van der Waals surface area contributed by atoms with Gasteiger partial charge in [-0.25, -0.2) is 13.4 Å². The molecule has 34 heavy (non-hydrogen) atoms. The number of aryl methyl sites for hydroxylation is 3. The van der Waals surface area contributed by atoms with E-state index < -0.39 is 10.0 Å². The van der Waals surface area contributed by atoms with E-state index in [9.17, 15) is 18.5 Å². The molecule has 176 valence electrons. The molecule has 0 aliphatic heterocycles. The minimum atomic E-state index is -3.84. The van der Waals surface area contributed by atoms with Crippen molar-refractivity contribution in [3.05, 3.63) is 59.0 Å². The summed E-state index contributed by atoms with van der Waals surface area (Å²) in [7, 11) is -3.84. The van der Waals surface area contributed by atoms with Gasteiger partial charge < -0.3 is 9.84 Å². The fourth-order valence-electron chi connectivity index (χ4n) is 3.64. The van der Waals surface area contributed by atoms with E-state index in [-0.39, 0.29) is 22.4 Å². The number of thioether (sulfide) groups is 1. The van der Waals surface area contributed by atoms with Crippen LogP contribution in [0.25, 0.3) is 0 Å². The second-order valence-corrected chi connectivity index (χ2v) is 10.6. The predicted octanol–water partition coefficient (Wildman–Crippen LogP) is 4.05. The largest absolute Gasteiger partial charge is 0.360 e. The van der Waals surface area contributed by atoms with E-state index in [1.165, 1.54) is 42.1 Å². The van der Waals surface area contributed by atoms with Crippen LogP contribution in [0.2, 0.25) is 0 Å². The molecule has 0 atom stereocenters. The van der Waals surface area contributed by atoms with E-state index in [0.29, 0.717) is 22.0 Å². The van der Waals surface area contributed by atoms with Crippen LogP contribution in [-0.4, -0.2) is 30.2 Å². The van der Waals surface area contributed by atoms with Crippen LogP contribution in [0.5, 0.6) is 0 Å². The molecule has 2 N–H and O–H groups in total. The number of nitrogens with one attached hydrogen (secondary N) is 2. The summed E-state index contributed by atoms with van der Waals surface area (Å²) >= 11 is 1.22. The van der Waals surface area contributed by atoms with Gasteiger partial charge in [-0.3, -0.25) is 9.52 Å². The van der Waals surface area contributed by atoms with Crippen molar-refractivity contribution in [3.8, 4) is 6.07 Å². The Morgan fingerprint density at radius 2 is 1.94 bits per heavy atom. The van der Waals surface area contributed by atoms with Crippen molar-refractivity contribution in [1.29, 1.82) is 5.26 Å². The quantitative estimate of drug-likeness (QED) is 0.368. The number of hydrogen-bond donors (Lipinski definition) is 2. The third-order valence-corrected chi connectivity index (χ3v) is 7.65. The normalized spacial score (nSPS) is 13.4. The SMILES string of the molecule is Cc1cc(NS(=O)(=O)c2ccc(NC(=O)CSc3nc4c(cc3C#N)CCCCC4)cc2)no1. The highest BCUT2D eigenvalue weighted by molar-refractivity contribution is 8.00. The highest BCUT2D eigenvalue weighted by Gasteiger charge is 2.18. The van der Waals surface area contributed by atoms with Gasteiger partial charge in [-0.05, 0) is 68.5 Å². The van der Waals surface area contributed by atoms with Gasteiger partial charge in [-0.2, -0.15) is 5.26 Å². The maximum Gasteiger partial charge on any atom is 0.263 e. The second-order valence-electron chi connectivity index (χ2n) is 7.91. The van der Waals surface area contributed by atoms with Gasteiger partial charge in [-0.15, -0.1) is 0 Å². The Morgan fingerprint density at radius 3 is 2.65 bits per heavy atom. The molecule has 0 unspecified atom stereocenters. The van der Waals surface area contributed by atoms with Crippen LogP contribution >= 0.6 is 11.8 Å². The minimum Gasteiger partial charge on any atom is -0.360 e. The van der Waals surface area contributed by atoms with E-state index in [2.05, 4.69) is 26.2 Å². The highest BCUT2D eigenvalue weighted by Crippen LogP contribution is 2.27. The fraction of sp³-hybridized carbons (Fsp3) is 0.304. The van der Waals surface area contributed by atoms with Crippen LogP contribution < -0.4 is 10.0 Å². The average molecular weight is 498 g/mol. The zero-order valence-electron chi connectivity index (χ0n) is 18.5. The van der Waals surface area contributed by atoms with E-state index in [1.54, 1.807) is 6.92 Å². The molecule has 0 fully saturated rings. The van der Waals surface area contributed by atoms with E-state index in [4.69, 9.17) is 4.52 Å². The standard InChI is InChI=1S/C23H23N5O4S2/c1-15-11-21(27-32-15)28-34(30,31)19-9-7-18(8-10-19)25-22(29)14-33-23-17(13-24)12-16-5-3-2-4-6-20(16)26-23/h7-12H,2-6,14H2,1H3,(H,25,29)(H,27,28). The molecule has 1 aliphatic rings. The van der Waals surface area contributed by atoms with Gasteiger partial charge in [0.2, 0.25) is 5.91 Å². The molecule has 9 nitrogen and oxygen atoms in total. The van der Waals surface area contributed by atoms with Crippen LogP contribution in [0.4, 0.5) is 11.5 Å². The lowest BCUT2D eigenvalue weighted by Gasteiger charge is -2.10. The number of fused-ring (bicyclic) bond motifs is 1. The Labute approximate surface area is 202 Å². The zero-order valence-corrected chi connectivity index (χ0v) is 20.1. The molecular weight excluding hydrogens is 474 g/mol. The number of sulfonamides is 1. The lowest BCUT2D eigenvalue weighted by molar-refractivity contribution is -0.113. The number of pyridine rings is 1. The lowest BCUT2D eigenvalue weighted by Crippen LogP contribution is -2.15. The maximum atomic E-state index is 12.5. The van der Waals surface area contributed by atoms with E-state index >= 15 is 0 Å². The molecule has 0 saturated heterocycles. The summed E-state index contributed by atoms with van der Waals surface area (Å²) in [6.45, 7) is 1.66. The number of benzene rings is 1. The molecule has 0 spiro atoms. The topological polar surface area (TPSA) is 138 Å². The van der Waals surface area contributed by atoms with Gasteiger partial charge in [0.25, 0.3) is 10.0 Å². The Morgan fingerprint density at radius 1 is 1.18 bits per heavy atom. The molecule has 1 aliphatic carbocycles. The van der Waals surface area contributed by atoms with Gasteiger partial charge >= 0.3 is 0 Å². The second kappa shape index (κ2) is 10.3. The molecule has 4 rings (SSSR count). The molecule has 2 heterocycles. The number of amides is 1. The molecule has 2 aromatic heterocycles. The van der Waals surface area contributed by atoms with Crippen molar-refractivity contribution in [2.45, 2.75) is 48.9 Å². The van der Waals surface area contributed by atoms with E-state index in [0.717, 1.165) is 43.4 Å². The summed E-state index contributed by atoms with van der Waals surface area (Å²) in [6.07, 6.45) is 5.16. The summed E-state index contributed by atoms with van der Waals surface area (Å²) in [4.78, 5) is 17.2. The maximum absolute atomic E-state index is 12.5. The van der Waals surface area contributed by atoms with Gasteiger partial charge in [0.05, 0.1) is 16.2 Å². The van der Waals surface area contributed by atoms with Gasteiger partial charge in [0.1, 0.15) is 16.9 Å². The summed E-state index contributed by atoms with van der Waals surface area (Å²) in [5, 5.41) is 16.4. The van der Waals surface area contributed by atoms with Crippen molar-refractivity contribution >= 4 is 39.2 Å².